The monoisotopic (exact) mass is 596 g/mol. The maximum atomic E-state index is 10.5. The third-order valence-electron chi connectivity index (χ3n) is 8.65. The Morgan fingerprint density at radius 2 is 1.95 bits per heavy atom. The summed E-state index contributed by atoms with van der Waals surface area (Å²) in [7, 11) is 0. The van der Waals surface area contributed by atoms with Crippen molar-refractivity contribution < 1.29 is 9.84 Å². The van der Waals surface area contributed by atoms with Gasteiger partial charge in [-0.05, 0) is 77.1 Å². The first-order valence-electron chi connectivity index (χ1n) is 16.0. The molecule has 8 heteroatoms. The number of hydrogen-bond acceptors (Lipinski definition) is 8. The van der Waals surface area contributed by atoms with Crippen molar-refractivity contribution in [3.8, 4) is 17.0 Å². The van der Waals surface area contributed by atoms with Crippen LogP contribution in [-0.4, -0.2) is 52.3 Å². The number of hydrogen-bond donors (Lipinski definition) is 3. The lowest BCUT2D eigenvalue weighted by Gasteiger charge is -2.53. The van der Waals surface area contributed by atoms with Gasteiger partial charge >= 0.3 is 0 Å². The molecule has 1 saturated carbocycles. The van der Waals surface area contributed by atoms with Gasteiger partial charge in [0.15, 0.2) is 0 Å². The van der Waals surface area contributed by atoms with Gasteiger partial charge in [-0.15, -0.1) is 6.58 Å². The van der Waals surface area contributed by atoms with Crippen molar-refractivity contribution in [3.63, 3.8) is 0 Å². The highest BCUT2D eigenvalue weighted by Crippen LogP contribution is 2.47. The molecular weight excluding hydrogens is 548 g/mol. The zero-order valence-electron chi connectivity index (χ0n) is 27.0. The van der Waals surface area contributed by atoms with E-state index in [1.165, 1.54) is 0 Å². The van der Waals surface area contributed by atoms with Crippen LogP contribution in [0.5, 0.6) is 5.88 Å². The van der Waals surface area contributed by atoms with Crippen LogP contribution in [-0.2, 0) is 5.60 Å². The lowest BCUT2D eigenvalue weighted by molar-refractivity contribution is -0.0511. The van der Waals surface area contributed by atoms with Gasteiger partial charge in [0.25, 0.3) is 0 Å². The fraction of sp³-hybridized carbons (Fsp3) is 0.472. The van der Waals surface area contributed by atoms with E-state index in [1.807, 2.05) is 37.5 Å². The molecule has 8 nitrogen and oxygen atoms in total. The Hall–Kier alpha value is -3.75. The number of ether oxygens (including phenoxy) is 1. The quantitative estimate of drug-likeness (QED) is 0.174. The molecule has 1 aliphatic heterocycles. The average molecular weight is 597 g/mol. The number of anilines is 2. The number of aryl methyl sites for hydroxylation is 1. The van der Waals surface area contributed by atoms with E-state index in [0.29, 0.717) is 17.0 Å². The molecule has 4 heterocycles. The van der Waals surface area contributed by atoms with Crippen LogP contribution in [0.4, 0.5) is 11.4 Å². The molecule has 3 aromatic heterocycles. The predicted octanol–water partition coefficient (Wildman–Crippen LogP) is 6.86. The molecule has 0 bridgehead atoms. The van der Waals surface area contributed by atoms with Crippen LogP contribution in [0.3, 0.4) is 0 Å². The predicted molar refractivity (Wildman–Crippen MR) is 180 cm³/mol. The largest absolute Gasteiger partial charge is 0.473 e. The Balaban J connectivity index is 1.46. The highest BCUT2D eigenvalue weighted by molar-refractivity contribution is 5.80. The van der Waals surface area contributed by atoms with E-state index in [9.17, 15) is 5.11 Å². The molecule has 2 aliphatic rings. The highest BCUT2D eigenvalue weighted by Gasteiger charge is 2.50. The Morgan fingerprint density at radius 1 is 1.16 bits per heavy atom. The Labute approximate surface area is 262 Å². The molecule has 2 fully saturated rings. The lowest BCUT2D eigenvalue weighted by Crippen LogP contribution is -2.62. The van der Waals surface area contributed by atoms with Crippen LogP contribution in [0, 0.1) is 12.3 Å². The molecule has 0 radical (unpaired) electrons. The second kappa shape index (κ2) is 13.5. The minimum atomic E-state index is -1.03. The fourth-order valence-electron chi connectivity index (χ4n) is 6.12. The van der Waals surface area contributed by atoms with Crippen LogP contribution in [0.15, 0.2) is 61.6 Å². The second-order valence-corrected chi connectivity index (χ2v) is 12.9. The molecule has 0 atom stereocenters. The van der Waals surface area contributed by atoms with Gasteiger partial charge in [0, 0.05) is 72.1 Å². The van der Waals surface area contributed by atoms with Crippen molar-refractivity contribution in [2.75, 3.05) is 36.4 Å². The van der Waals surface area contributed by atoms with Crippen LogP contribution < -0.4 is 20.3 Å². The molecule has 5 rings (SSSR count). The summed E-state index contributed by atoms with van der Waals surface area (Å²) in [6.07, 6.45) is 14.8. The summed E-state index contributed by atoms with van der Waals surface area (Å²) in [6, 6.07) is 8.25. The molecule has 1 aliphatic carbocycles. The van der Waals surface area contributed by atoms with Gasteiger partial charge in [-0.2, -0.15) is 0 Å². The van der Waals surface area contributed by atoms with E-state index in [2.05, 4.69) is 59.2 Å². The molecule has 0 amide bonds. The minimum Gasteiger partial charge on any atom is -0.473 e. The van der Waals surface area contributed by atoms with Gasteiger partial charge in [0.05, 0.1) is 17.6 Å². The third-order valence-corrected chi connectivity index (χ3v) is 8.65. The SMILES string of the molecule is C=CCCN(CCC)c1cc(-c2cc(N/C(=C\CC)c3ccnc(C(C)(C)O)c3)cnc2C)cnc1OC1CC2(CNC2)C1. The van der Waals surface area contributed by atoms with Gasteiger partial charge in [-0.1, -0.05) is 26.0 Å². The standard InChI is InChI=1S/C36H48N6O2/c1-7-10-15-42(14-9-3)32-16-27(21-40-34(32)44-29-19-36(20-29)23-37-24-36)30-18-28(22-39-25(30)4)41-31(11-8-2)26-12-13-38-33(17-26)35(5,6)43/h7,11-13,16-18,21-22,29,37,41,43H,1,8-10,14-15,19-20,23-24H2,2-6H3/b31-11-. The van der Waals surface area contributed by atoms with Gasteiger partial charge in [0.2, 0.25) is 5.88 Å². The number of aromatic nitrogens is 3. The lowest BCUT2D eigenvalue weighted by atomic mass is 9.63. The van der Waals surface area contributed by atoms with Crippen LogP contribution in [0.1, 0.15) is 76.8 Å². The van der Waals surface area contributed by atoms with Crippen molar-refractivity contribution >= 4 is 17.1 Å². The van der Waals surface area contributed by atoms with E-state index in [-0.39, 0.29) is 6.10 Å². The number of nitrogens with one attached hydrogen (secondary N) is 2. The van der Waals surface area contributed by atoms with E-state index in [0.717, 1.165) is 97.7 Å². The van der Waals surface area contributed by atoms with Gasteiger partial charge < -0.3 is 25.4 Å². The van der Waals surface area contributed by atoms with Crippen molar-refractivity contribution in [2.45, 2.75) is 78.4 Å². The Kier molecular flexibility index (Phi) is 9.71. The Morgan fingerprint density at radius 3 is 2.61 bits per heavy atom. The van der Waals surface area contributed by atoms with Crippen molar-refractivity contribution in [1.29, 1.82) is 0 Å². The van der Waals surface area contributed by atoms with Crippen LogP contribution >= 0.6 is 0 Å². The molecule has 3 aromatic rings. The van der Waals surface area contributed by atoms with Crippen molar-refractivity contribution in [3.05, 3.63) is 78.5 Å². The normalized spacial score (nSPS) is 16.3. The summed E-state index contributed by atoms with van der Waals surface area (Å²) in [6.45, 7) is 17.8. The summed E-state index contributed by atoms with van der Waals surface area (Å²) < 4.78 is 6.56. The van der Waals surface area contributed by atoms with E-state index >= 15 is 0 Å². The first-order chi connectivity index (χ1) is 21.1. The smallest absolute Gasteiger partial charge is 0.237 e. The maximum absolute atomic E-state index is 10.5. The highest BCUT2D eigenvalue weighted by atomic mass is 16.5. The number of nitrogens with zero attached hydrogens (tertiary/aromatic N) is 4. The number of rotatable bonds is 14. The fourth-order valence-corrected chi connectivity index (χ4v) is 6.12. The minimum absolute atomic E-state index is 0.210. The van der Waals surface area contributed by atoms with Gasteiger partial charge in [-0.3, -0.25) is 9.97 Å². The van der Waals surface area contributed by atoms with Crippen LogP contribution in [0.25, 0.3) is 16.8 Å². The molecule has 0 aromatic carbocycles. The van der Waals surface area contributed by atoms with E-state index < -0.39 is 5.60 Å². The summed E-state index contributed by atoms with van der Waals surface area (Å²) in [5.74, 6) is 0.715. The van der Waals surface area contributed by atoms with E-state index in [1.54, 1.807) is 20.0 Å². The van der Waals surface area contributed by atoms with Crippen molar-refractivity contribution in [1.82, 2.24) is 20.3 Å². The Bertz CT molecular complexity index is 1480. The zero-order chi connectivity index (χ0) is 31.3. The van der Waals surface area contributed by atoms with E-state index in [4.69, 9.17) is 14.7 Å². The summed E-state index contributed by atoms with van der Waals surface area (Å²) in [5, 5.41) is 17.5. The van der Waals surface area contributed by atoms with Gasteiger partial charge in [0.1, 0.15) is 17.4 Å². The zero-order valence-corrected chi connectivity index (χ0v) is 27.0. The molecule has 0 unspecified atom stereocenters. The third kappa shape index (κ3) is 7.13. The summed E-state index contributed by atoms with van der Waals surface area (Å²) in [5.41, 5.74) is 6.78. The topological polar surface area (TPSA) is 95.4 Å². The summed E-state index contributed by atoms with van der Waals surface area (Å²) in [4.78, 5) is 16.5. The molecule has 234 valence electrons. The van der Waals surface area contributed by atoms with Crippen molar-refractivity contribution in [2.24, 2.45) is 5.41 Å². The number of pyridine rings is 3. The maximum Gasteiger partial charge on any atom is 0.237 e. The second-order valence-electron chi connectivity index (χ2n) is 12.9. The molecule has 1 spiro atoms. The molecule has 3 N–H and O–H groups in total. The summed E-state index contributed by atoms with van der Waals surface area (Å²) >= 11 is 0. The average Bonchev–Trinajstić information content (AvgIpc) is 2.96. The first kappa shape index (κ1) is 31.7. The molecule has 44 heavy (non-hydrogen) atoms. The van der Waals surface area contributed by atoms with Crippen LogP contribution in [0.2, 0.25) is 0 Å². The van der Waals surface area contributed by atoms with Gasteiger partial charge in [-0.25, -0.2) is 4.98 Å². The number of allylic oxidation sites excluding steroid dienone is 1. The molecule has 1 saturated heterocycles. The molecular formula is C36H48N6O2. The number of aliphatic hydroxyl groups is 1. The first-order valence-corrected chi connectivity index (χ1v) is 16.0.